The molecular formula is C17H19ClN2O4. The van der Waals surface area contributed by atoms with Gasteiger partial charge in [-0.3, -0.25) is 0 Å². The third-order valence-corrected chi connectivity index (χ3v) is 3.59. The van der Waals surface area contributed by atoms with Crippen LogP contribution < -0.4 is 5.32 Å². The molecule has 0 bridgehead atoms. The first-order chi connectivity index (χ1) is 11.6. The minimum Gasteiger partial charge on any atom is -0.445 e. The molecule has 0 radical (unpaired) electrons. The Kier molecular flexibility index (Phi) is 6.99. The molecule has 7 heteroatoms. The van der Waals surface area contributed by atoms with Gasteiger partial charge in [0.1, 0.15) is 17.9 Å². The second kappa shape index (κ2) is 9.22. The molecule has 6 nitrogen and oxygen atoms in total. The third-order valence-electron chi connectivity index (χ3n) is 3.38. The lowest BCUT2D eigenvalue weighted by Crippen LogP contribution is -2.29. The maximum absolute atomic E-state index is 11.6. The van der Waals surface area contributed by atoms with Crippen LogP contribution in [0.1, 0.15) is 23.7 Å². The van der Waals surface area contributed by atoms with E-state index in [0.717, 1.165) is 5.56 Å². The molecule has 0 aliphatic carbocycles. The molecular weight excluding hydrogens is 332 g/mol. The molecule has 0 aliphatic heterocycles. The van der Waals surface area contributed by atoms with Crippen LogP contribution in [0.5, 0.6) is 0 Å². The third kappa shape index (κ3) is 5.81. The van der Waals surface area contributed by atoms with Crippen LogP contribution in [0.4, 0.5) is 4.79 Å². The van der Waals surface area contributed by atoms with Crippen LogP contribution in [0.2, 0.25) is 5.15 Å². The number of nitrogens with zero attached hydrogens (tertiary/aromatic N) is 1. The summed E-state index contributed by atoms with van der Waals surface area (Å²) in [6, 6.07) is 12.4. The van der Waals surface area contributed by atoms with E-state index in [1.807, 2.05) is 30.3 Å². The highest BCUT2D eigenvalue weighted by Crippen LogP contribution is 2.20. The SMILES string of the molecule is O=C(NCCC(O)C(O)c1ccnc(Cl)c1)OCc1ccccc1. The first-order valence-corrected chi connectivity index (χ1v) is 7.86. The molecule has 1 amide bonds. The number of ether oxygens (including phenoxy) is 1. The fourth-order valence-corrected chi connectivity index (χ4v) is 2.26. The van der Waals surface area contributed by atoms with Crippen molar-refractivity contribution in [1.82, 2.24) is 10.3 Å². The Morgan fingerprint density at radius 3 is 2.71 bits per heavy atom. The van der Waals surface area contributed by atoms with Crippen molar-refractivity contribution in [1.29, 1.82) is 0 Å². The molecule has 24 heavy (non-hydrogen) atoms. The van der Waals surface area contributed by atoms with Gasteiger partial charge in [0.25, 0.3) is 0 Å². The minimum absolute atomic E-state index is 0.168. The van der Waals surface area contributed by atoms with Gasteiger partial charge in [0.2, 0.25) is 0 Å². The first-order valence-electron chi connectivity index (χ1n) is 7.48. The van der Waals surface area contributed by atoms with Gasteiger partial charge in [-0.05, 0) is 29.7 Å². The smallest absolute Gasteiger partial charge is 0.407 e. The number of aromatic nitrogens is 1. The van der Waals surface area contributed by atoms with E-state index in [4.69, 9.17) is 16.3 Å². The molecule has 0 saturated carbocycles. The van der Waals surface area contributed by atoms with Gasteiger partial charge in [0, 0.05) is 12.7 Å². The molecule has 1 heterocycles. The van der Waals surface area contributed by atoms with Crippen LogP contribution in [0.3, 0.4) is 0 Å². The van der Waals surface area contributed by atoms with Crippen LogP contribution in [0.15, 0.2) is 48.7 Å². The fraction of sp³-hybridized carbons (Fsp3) is 0.294. The van der Waals surface area contributed by atoms with Gasteiger partial charge in [0.05, 0.1) is 6.10 Å². The summed E-state index contributed by atoms with van der Waals surface area (Å²) in [6.07, 6.45) is -1.10. The lowest BCUT2D eigenvalue weighted by molar-refractivity contribution is 0.0136. The molecule has 0 fully saturated rings. The highest BCUT2D eigenvalue weighted by molar-refractivity contribution is 6.29. The Morgan fingerprint density at radius 1 is 1.25 bits per heavy atom. The fourth-order valence-electron chi connectivity index (χ4n) is 2.08. The number of benzene rings is 1. The van der Waals surface area contributed by atoms with Gasteiger partial charge >= 0.3 is 6.09 Å². The van der Waals surface area contributed by atoms with Crippen molar-refractivity contribution in [2.45, 2.75) is 25.2 Å². The molecule has 0 spiro atoms. The Labute approximate surface area is 145 Å². The Hall–Kier alpha value is -2.15. The lowest BCUT2D eigenvalue weighted by atomic mass is 10.0. The minimum atomic E-state index is -1.10. The molecule has 2 rings (SSSR count). The average Bonchev–Trinajstić information content (AvgIpc) is 2.60. The summed E-state index contributed by atoms with van der Waals surface area (Å²) in [5.74, 6) is 0. The summed E-state index contributed by atoms with van der Waals surface area (Å²) in [5.41, 5.74) is 1.35. The number of aliphatic hydroxyl groups is 2. The van der Waals surface area contributed by atoms with Gasteiger partial charge in [-0.1, -0.05) is 41.9 Å². The molecule has 128 valence electrons. The largest absolute Gasteiger partial charge is 0.445 e. The Morgan fingerprint density at radius 2 is 2.00 bits per heavy atom. The second-order valence-corrected chi connectivity index (χ2v) is 5.59. The number of carbonyl (C=O) groups excluding carboxylic acids is 1. The van der Waals surface area contributed by atoms with Crippen molar-refractivity contribution in [3.63, 3.8) is 0 Å². The van der Waals surface area contributed by atoms with Gasteiger partial charge in [-0.2, -0.15) is 0 Å². The first kappa shape index (κ1) is 18.2. The number of hydrogen-bond acceptors (Lipinski definition) is 5. The van der Waals surface area contributed by atoms with Crippen molar-refractivity contribution in [3.05, 3.63) is 64.9 Å². The van der Waals surface area contributed by atoms with Gasteiger partial charge in [-0.25, -0.2) is 9.78 Å². The van der Waals surface area contributed by atoms with E-state index in [1.54, 1.807) is 6.07 Å². The van der Waals surface area contributed by atoms with Crippen molar-refractivity contribution in [2.24, 2.45) is 0 Å². The normalized spacial score (nSPS) is 13.1. The van der Waals surface area contributed by atoms with Crippen molar-refractivity contribution in [2.75, 3.05) is 6.54 Å². The predicted molar refractivity (Wildman–Crippen MR) is 89.5 cm³/mol. The van der Waals surface area contributed by atoms with E-state index in [0.29, 0.717) is 5.56 Å². The number of nitrogens with one attached hydrogen (secondary N) is 1. The van der Waals surface area contributed by atoms with Crippen LogP contribution in [-0.2, 0) is 11.3 Å². The van der Waals surface area contributed by atoms with Crippen molar-refractivity contribution >= 4 is 17.7 Å². The number of hydrogen-bond donors (Lipinski definition) is 3. The van der Waals surface area contributed by atoms with E-state index < -0.39 is 18.3 Å². The number of aliphatic hydroxyl groups excluding tert-OH is 2. The number of carbonyl (C=O) groups is 1. The Bertz CT molecular complexity index is 654. The summed E-state index contributed by atoms with van der Waals surface area (Å²) in [4.78, 5) is 15.4. The standard InChI is InChI=1S/C17H19ClN2O4/c18-15-10-13(6-8-19-15)16(22)14(21)7-9-20-17(23)24-11-12-4-2-1-3-5-12/h1-6,8,10,14,16,21-22H,7,9,11H2,(H,20,23). The van der Waals surface area contributed by atoms with E-state index in [-0.39, 0.29) is 24.7 Å². The predicted octanol–water partition coefficient (Wildman–Crippen LogP) is 2.45. The quantitative estimate of drug-likeness (QED) is 0.667. The summed E-state index contributed by atoms with van der Waals surface area (Å²) >= 11 is 5.75. The Balaban J connectivity index is 1.70. The van der Waals surface area contributed by atoms with Crippen molar-refractivity contribution in [3.8, 4) is 0 Å². The number of amides is 1. The molecule has 2 aromatic rings. The van der Waals surface area contributed by atoms with E-state index in [1.165, 1.54) is 12.3 Å². The molecule has 0 saturated heterocycles. The highest BCUT2D eigenvalue weighted by Gasteiger charge is 2.18. The topological polar surface area (TPSA) is 91.7 Å². The maximum Gasteiger partial charge on any atom is 0.407 e. The van der Waals surface area contributed by atoms with E-state index >= 15 is 0 Å². The van der Waals surface area contributed by atoms with Gasteiger partial charge < -0.3 is 20.3 Å². The zero-order valence-electron chi connectivity index (χ0n) is 12.9. The average molecular weight is 351 g/mol. The molecule has 1 aromatic carbocycles. The molecule has 2 unspecified atom stereocenters. The maximum atomic E-state index is 11.6. The summed E-state index contributed by atoms with van der Waals surface area (Å²) < 4.78 is 5.05. The van der Waals surface area contributed by atoms with Crippen LogP contribution in [0, 0.1) is 0 Å². The molecule has 0 aliphatic rings. The number of halogens is 1. The molecule has 3 N–H and O–H groups in total. The van der Waals surface area contributed by atoms with Crippen LogP contribution in [0.25, 0.3) is 0 Å². The second-order valence-electron chi connectivity index (χ2n) is 5.20. The highest BCUT2D eigenvalue weighted by atomic mass is 35.5. The summed E-state index contributed by atoms with van der Waals surface area (Å²) in [7, 11) is 0. The number of pyridine rings is 1. The number of alkyl carbamates (subject to hydrolysis) is 1. The number of rotatable bonds is 7. The van der Waals surface area contributed by atoms with Crippen LogP contribution in [-0.4, -0.2) is 33.9 Å². The zero-order valence-corrected chi connectivity index (χ0v) is 13.7. The van der Waals surface area contributed by atoms with Crippen molar-refractivity contribution < 1.29 is 19.7 Å². The monoisotopic (exact) mass is 350 g/mol. The van der Waals surface area contributed by atoms with Crippen LogP contribution >= 0.6 is 11.6 Å². The summed E-state index contributed by atoms with van der Waals surface area (Å²) in [6.45, 7) is 0.345. The summed E-state index contributed by atoms with van der Waals surface area (Å²) in [5, 5.41) is 22.8. The zero-order chi connectivity index (χ0) is 17.4. The lowest BCUT2D eigenvalue weighted by Gasteiger charge is -2.18. The van der Waals surface area contributed by atoms with E-state index in [2.05, 4.69) is 10.3 Å². The van der Waals surface area contributed by atoms with Gasteiger partial charge in [-0.15, -0.1) is 0 Å². The molecule has 2 atom stereocenters. The molecule has 1 aromatic heterocycles. The van der Waals surface area contributed by atoms with E-state index in [9.17, 15) is 15.0 Å². The van der Waals surface area contributed by atoms with Gasteiger partial charge in [0.15, 0.2) is 0 Å².